The van der Waals surface area contributed by atoms with Crippen molar-refractivity contribution in [3.8, 4) is 6.07 Å². The molecule has 1 aromatic carbocycles. The lowest BCUT2D eigenvalue weighted by atomic mass is 10.0. The van der Waals surface area contributed by atoms with Gasteiger partial charge in [-0.2, -0.15) is 5.26 Å². The Morgan fingerprint density at radius 3 is 2.73 bits per heavy atom. The zero-order valence-corrected chi connectivity index (χ0v) is 8.50. The van der Waals surface area contributed by atoms with E-state index in [4.69, 9.17) is 5.26 Å². The molecule has 4 heteroatoms. The molecule has 0 aliphatic heterocycles. The van der Waals surface area contributed by atoms with Gasteiger partial charge in [-0.1, -0.05) is 6.92 Å². The molecule has 0 aliphatic rings. The van der Waals surface area contributed by atoms with Crippen molar-refractivity contribution in [1.82, 2.24) is 0 Å². The molecule has 0 atom stereocenters. The summed E-state index contributed by atoms with van der Waals surface area (Å²) in [5, 5.41) is 8.71. The molecule has 0 aromatic heterocycles. The summed E-state index contributed by atoms with van der Waals surface area (Å²) in [5.41, 5.74) is 0.633. The predicted octanol–water partition coefficient (Wildman–Crippen LogP) is 2.05. The van der Waals surface area contributed by atoms with Gasteiger partial charge in [0.2, 0.25) is 0 Å². The van der Waals surface area contributed by atoms with Gasteiger partial charge in [0, 0.05) is 0 Å². The maximum atomic E-state index is 13.4. The number of rotatable bonds is 2. The van der Waals surface area contributed by atoms with Gasteiger partial charge in [-0.3, -0.25) is 0 Å². The first kappa shape index (κ1) is 11.2. The molecule has 0 radical (unpaired) electrons. The first-order valence-corrected chi connectivity index (χ1v) is 4.44. The molecule has 78 valence electrons. The van der Waals surface area contributed by atoms with Crippen molar-refractivity contribution < 1.29 is 13.9 Å². The summed E-state index contributed by atoms with van der Waals surface area (Å²) in [6.07, 6.45) is 0.491. The zero-order valence-electron chi connectivity index (χ0n) is 8.50. The summed E-state index contributed by atoms with van der Waals surface area (Å²) >= 11 is 0. The van der Waals surface area contributed by atoms with Crippen molar-refractivity contribution in [1.29, 1.82) is 5.26 Å². The van der Waals surface area contributed by atoms with Gasteiger partial charge in [-0.05, 0) is 24.1 Å². The van der Waals surface area contributed by atoms with Crippen LogP contribution in [0, 0.1) is 17.1 Å². The second-order valence-corrected chi connectivity index (χ2v) is 2.95. The average Bonchev–Trinajstić information content (AvgIpc) is 2.26. The molecule has 0 N–H and O–H groups in total. The number of aryl methyl sites for hydroxylation is 1. The van der Waals surface area contributed by atoms with Crippen molar-refractivity contribution in [2.45, 2.75) is 13.3 Å². The lowest BCUT2D eigenvalue weighted by Crippen LogP contribution is -2.04. The van der Waals surface area contributed by atoms with Gasteiger partial charge >= 0.3 is 5.97 Å². The molecule has 0 aliphatic carbocycles. The van der Waals surface area contributed by atoms with Gasteiger partial charge in [0.15, 0.2) is 0 Å². The Hall–Kier alpha value is -1.89. The van der Waals surface area contributed by atoms with E-state index in [1.54, 1.807) is 13.0 Å². The van der Waals surface area contributed by atoms with E-state index in [2.05, 4.69) is 4.74 Å². The first-order valence-electron chi connectivity index (χ1n) is 4.44. The molecular formula is C11H10FNO2. The van der Waals surface area contributed by atoms with E-state index in [1.807, 2.05) is 0 Å². The second kappa shape index (κ2) is 4.56. The SMILES string of the molecule is CCc1cc(C(=O)OC)cc(F)c1C#N. The highest BCUT2D eigenvalue weighted by molar-refractivity contribution is 5.89. The van der Waals surface area contributed by atoms with Gasteiger partial charge in [-0.25, -0.2) is 9.18 Å². The van der Waals surface area contributed by atoms with Crippen LogP contribution < -0.4 is 0 Å². The van der Waals surface area contributed by atoms with Crippen LogP contribution in [0.25, 0.3) is 0 Å². The van der Waals surface area contributed by atoms with Crippen LogP contribution in [0.3, 0.4) is 0 Å². The molecular weight excluding hydrogens is 197 g/mol. The maximum Gasteiger partial charge on any atom is 0.337 e. The first-order chi connectivity index (χ1) is 7.13. The number of nitrogens with zero attached hydrogens (tertiary/aromatic N) is 1. The van der Waals surface area contributed by atoms with Crippen LogP contribution in [0.4, 0.5) is 4.39 Å². The summed E-state index contributed by atoms with van der Waals surface area (Å²) in [6.45, 7) is 1.79. The van der Waals surface area contributed by atoms with Gasteiger partial charge in [-0.15, -0.1) is 0 Å². The highest BCUT2D eigenvalue weighted by atomic mass is 19.1. The fourth-order valence-corrected chi connectivity index (χ4v) is 1.30. The van der Waals surface area contributed by atoms with E-state index in [0.717, 1.165) is 6.07 Å². The van der Waals surface area contributed by atoms with Crippen LogP contribution in [0.2, 0.25) is 0 Å². The zero-order chi connectivity index (χ0) is 11.4. The molecule has 0 saturated carbocycles. The minimum atomic E-state index is -0.683. The van der Waals surface area contributed by atoms with Crippen LogP contribution in [-0.4, -0.2) is 13.1 Å². The third kappa shape index (κ3) is 2.13. The van der Waals surface area contributed by atoms with Crippen molar-refractivity contribution in [3.05, 3.63) is 34.6 Å². The quantitative estimate of drug-likeness (QED) is 0.697. The molecule has 15 heavy (non-hydrogen) atoms. The highest BCUT2D eigenvalue weighted by Crippen LogP contribution is 2.17. The number of carbonyl (C=O) groups excluding carboxylic acids is 1. The largest absolute Gasteiger partial charge is 0.465 e. The maximum absolute atomic E-state index is 13.4. The second-order valence-electron chi connectivity index (χ2n) is 2.95. The molecule has 0 spiro atoms. The summed E-state index contributed by atoms with van der Waals surface area (Å²) in [7, 11) is 1.23. The van der Waals surface area contributed by atoms with Crippen molar-refractivity contribution >= 4 is 5.97 Å². The molecule has 1 aromatic rings. The predicted molar refractivity (Wildman–Crippen MR) is 51.8 cm³/mol. The Kier molecular flexibility index (Phi) is 3.40. The van der Waals surface area contributed by atoms with E-state index in [0.29, 0.717) is 12.0 Å². The third-order valence-corrected chi connectivity index (χ3v) is 2.09. The van der Waals surface area contributed by atoms with Crippen LogP contribution in [-0.2, 0) is 11.2 Å². The number of carbonyl (C=O) groups is 1. The van der Waals surface area contributed by atoms with Crippen LogP contribution in [0.5, 0.6) is 0 Å². The van der Waals surface area contributed by atoms with Crippen molar-refractivity contribution in [2.24, 2.45) is 0 Å². The summed E-state index contributed by atoms with van der Waals surface area (Å²) in [6, 6.07) is 4.27. The topological polar surface area (TPSA) is 50.1 Å². The van der Waals surface area contributed by atoms with Gasteiger partial charge in [0.25, 0.3) is 0 Å². The lowest BCUT2D eigenvalue weighted by molar-refractivity contribution is 0.0600. The average molecular weight is 207 g/mol. The van der Waals surface area contributed by atoms with E-state index in [1.165, 1.54) is 13.2 Å². The molecule has 3 nitrogen and oxygen atoms in total. The number of esters is 1. The highest BCUT2D eigenvalue weighted by Gasteiger charge is 2.13. The fraction of sp³-hybridized carbons (Fsp3) is 0.273. The number of halogens is 1. The van der Waals surface area contributed by atoms with E-state index in [9.17, 15) is 9.18 Å². The number of hydrogen-bond donors (Lipinski definition) is 0. The molecule has 0 heterocycles. The van der Waals surface area contributed by atoms with Gasteiger partial charge < -0.3 is 4.74 Å². The Morgan fingerprint density at radius 2 is 2.27 bits per heavy atom. The van der Waals surface area contributed by atoms with Crippen LogP contribution >= 0.6 is 0 Å². The fourth-order valence-electron chi connectivity index (χ4n) is 1.30. The standard InChI is InChI=1S/C11H10FNO2/c1-3-7-4-8(11(14)15-2)5-10(12)9(7)6-13/h4-5H,3H2,1-2H3. The molecule has 1 rings (SSSR count). The monoisotopic (exact) mass is 207 g/mol. The molecule has 0 unspecified atom stereocenters. The van der Waals surface area contributed by atoms with Crippen molar-refractivity contribution in [3.63, 3.8) is 0 Å². The molecule has 0 saturated heterocycles. The van der Waals surface area contributed by atoms with Gasteiger partial charge in [0.05, 0.1) is 18.2 Å². The van der Waals surface area contributed by atoms with Gasteiger partial charge in [0.1, 0.15) is 11.9 Å². The summed E-state index contributed by atoms with van der Waals surface area (Å²) < 4.78 is 17.8. The number of ether oxygens (including phenoxy) is 1. The minimum Gasteiger partial charge on any atom is -0.465 e. The number of methoxy groups -OCH3 is 1. The Labute approximate surface area is 87.1 Å². The van der Waals surface area contributed by atoms with Crippen LogP contribution in [0.1, 0.15) is 28.4 Å². The smallest absolute Gasteiger partial charge is 0.337 e. The van der Waals surface area contributed by atoms with E-state index < -0.39 is 11.8 Å². The number of nitriles is 1. The molecule has 0 bridgehead atoms. The summed E-state index contributed by atoms with van der Waals surface area (Å²) in [4.78, 5) is 11.2. The number of benzene rings is 1. The Balaban J connectivity index is 3.33. The normalized spacial score (nSPS) is 9.47. The Bertz CT molecular complexity index is 435. The number of hydrogen-bond acceptors (Lipinski definition) is 3. The summed E-state index contributed by atoms with van der Waals surface area (Å²) in [5.74, 6) is -1.29. The van der Waals surface area contributed by atoms with E-state index >= 15 is 0 Å². The lowest BCUT2D eigenvalue weighted by Gasteiger charge is -2.05. The minimum absolute atomic E-state index is 0.00912. The molecule has 0 fully saturated rings. The Morgan fingerprint density at radius 1 is 1.60 bits per heavy atom. The van der Waals surface area contributed by atoms with E-state index in [-0.39, 0.29) is 11.1 Å². The third-order valence-electron chi connectivity index (χ3n) is 2.09. The van der Waals surface area contributed by atoms with Crippen LogP contribution in [0.15, 0.2) is 12.1 Å². The van der Waals surface area contributed by atoms with Crippen molar-refractivity contribution in [2.75, 3.05) is 7.11 Å². The molecule has 0 amide bonds.